The summed E-state index contributed by atoms with van der Waals surface area (Å²) in [4.78, 5) is 10.9. The Kier molecular flexibility index (Phi) is 4.03. The average Bonchev–Trinajstić information content (AvgIpc) is 2.76. The molecule has 2 aromatic rings. The third-order valence-corrected chi connectivity index (χ3v) is 3.09. The minimum atomic E-state index is -0.900. The lowest BCUT2D eigenvalue weighted by Gasteiger charge is -1.95. The number of carboxylic acid groups (broad SMARTS) is 1. The second kappa shape index (κ2) is 5.71. The predicted molar refractivity (Wildman–Crippen MR) is 71.0 cm³/mol. The van der Waals surface area contributed by atoms with Gasteiger partial charge in [-0.1, -0.05) is 26.2 Å². The van der Waals surface area contributed by atoms with Crippen LogP contribution in [0.1, 0.15) is 48.7 Å². The van der Waals surface area contributed by atoms with Crippen LogP contribution in [-0.2, 0) is 6.42 Å². The lowest BCUT2D eigenvalue weighted by atomic mass is 10.1. The molecule has 0 radical (unpaired) electrons. The normalized spacial score (nSPS) is 10.9. The lowest BCUT2D eigenvalue weighted by molar-refractivity contribution is 0.0697. The number of hydrogen-bond acceptors (Lipinski definition) is 2. The first-order valence-corrected chi connectivity index (χ1v) is 6.46. The largest absolute Gasteiger partial charge is 0.478 e. The van der Waals surface area contributed by atoms with Crippen molar-refractivity contribution >= 4 is 16.9 Å². The average molecular weight is 246 g/mol. The number of unbranched alkanes of at least 4 members (excludes halogenated alkanes) is 3. The zero-order valence-corrected chi connectivity index (χ0v) is 10.6. The predicted octanol–water partition coefficient (Wildman–Crippen LogP) is 4.25. The molecule has 0 unspecified atom stereocenters. The fourth-order valence-electron chi connectivity index (χ4n) is 2.08. The highest BCUT2D eigenvalue weighted by Crippen LogP contribution is 2.22. The molecule has 1 aromatic carbocycles. The van der Waals surface area contributed by atoms with Gasteiger partial charge in [0, 0.05) is 11.8 Å². The van der Waals surface area contributed by atoms with E-state index in [0.29, 0.717) is 5.56 Å². The zero-order chi connectivity index (χ0) is 13.0. The Morgan fingerprint density at radius 3 is 2.78 bits per heavy atom. The Bertz CT molecular complexity index is 540. The third-order valence-electron chi connectivity index (χ3n) is 3.09. The molecule has 0 aliphatic carbocycles. The van der Waals surface area contributed by atoms with E-state index in [0.717, 1.165) is 29.6 Å². The molecule has 96 valence electrons. The maximum atomic E-state index is 10.9. The molecule has 0 aliphatic heterocycles. The molecule has 3 nitrogen and oxygen atoms in total. The summed E-state index contributed by atoms with van der Waals surface area (Å²) in [6.07, 6.45) is 5.75. The summed E-state index contributed by atoms with van der Waals surface area (Å²) in [6, 6.07) is 6.92. The van der Waals surface area contributed by atoms with Gasteiger partial charge >= 0.3 is 5.97 Å². The summed E-state index contributed by atoms with van der Waals surface area (Å²) in [5.74, 6) is 0.0474. The number of aryl methyl sites for hydroxylation is 1. The number of benzene rings is 1. The monoisotopic (exact) mass is 246 g/mol. The molecule has 0 spiro atoms. The van der Waals surface area contributed by atoms with Crippen molar-refractivity contribution in [3.05, 3.63) is 35.6 Å². The van der Waals surface area contributed by atoms with Gasteiger partial charge < -0.3 is 9.52 Å². The third kappa shape index (κ3) is 2.92. The minimum Gasteiger partial charge on any atom is -0.478 e. The van der Waals surface area contributed by atoms with Crippen LogP contribution in [-0.4, -0.2) is 11.1 Å². The van der Waals surface area contributed by atoms with Gasteiger partial charge in [-0.15, -0.1) is 0 Å². The number of carbonyl (C=O) groups is 1. The topological polar surface area (TPSA) is 50.4 Å². The van der Waals surface area contributed by atoms with E-state index in [4.69, 9.17) is 9.52 Å². The van der Waals surface area contributed by atoms with E-state index in [9.17, 15) is 4.79 Å². The standard InChI is InChI=1S/C15H18O3/c1-2-3-4-5-6-13-10-12-9-11(15(16)17)7-8-14(12)18-13/h7-10H,2-6H2,1H3,(H,16,17). The van der Waals surface area contributed by atoms with Crippen molar-refractivity contribution in [2.45, 2.75) is 39.0 Å². The highest BCUT2D eigenvalue weighted by molar-refractivity contribution is 5.93. The van der Waals surface area contributed by atoms with Gasteiger partial charge in [-0.3, -0.25) is 0 Å². The van der Waals surface area contributed by atoms with Crippen molar-refractivity contribution < 1.29 is 14.3 Å². The molecule has 0 bridgehead atoms. The van der Waals surface area contributed by atoms with Gasteiger partial charge in [0.05, 0.1) is 5.56 Å². The van der Waals surface area contributed by atoms with Crippen molar-refractivity contribution in [1.29, 1.82) is 0 Å². The van der Waals surface area contributed by atoms with Crippen LogP contribution in [0.2, 0.25) is 0 Å². The van der Waals surface area contributed by atoms with Gasteiger partial charge in [0.15, 0.2) is 0 Å². The highest BCUT2D eigenvalue weighted by Gasteiger charge is 2.07. The Balaban J connectivity index is 2.09. The number of hydrogen-bond donors (Lipinski definition) is 1. The van der Waals surface area contributed by atoms with Crippen molar-refractivity contribution in [2.24, 2.45) is 0 Å². The van der Waals surface area contributed by atoms with Gasteiger partial charge in [-0.05, 0) is 30.7 Å². The van der Waals surface area contributed by atoms with Crippen LogP contribution in [0.4, 0.5) is 0 Å². The van der Waals surface area contributed by atoms with E-state index in [1.807, 2.05) is 6.07 Å². The number of rotatable bonds is 6. The number of fused-ring (bicyclic) bond motifs is 1. The molecule has 0 saturated carbocycles. The van der Waals surface area contributed by atoms with E-state index in [1.165, 1.54) is 19.3 Å². The maximum Gasteiger partial charge on any atom is 0.335 e. The first-order valence-electron chi connectivity index (χ1n) is 6.46. The van der Waals surface area contributed by atoms with E-state index in [1.54, 1.807) is 18.2 Å². The van der Waals surface area contributed by atoms with Crippen LogP contribution in [0, 0.1) is 0 Å². The summed E-state index contributed by atoms with van der Waals surface area (Å²) in [6.45, 7) is 2.19. The zero-order valence-electron chi connectivity index (χ0n) is 10.6. The molecule has 3 heteroatoms. The molecular weight excluding hydrogens is 228 g/mol. The molecule has 2 rings (SSSR count). The Morgan fingerprint density at radius 2 is 2.06 bits per heavy atom. The van der Waals surface area contributed by atoms with Gasteiger partial charge in [0.2, 0.25) is 0 Å². The van der Waals surface area contributed by atoms with Crippen LogP contribution in [0.15, 0.2) is 28.7 Å². The summed E-state index contributed by atoms with van der Waals surface area (Å²) in [7, 11) is 0. The highest BCUT2D eigenvalue weighted by atomic mass is 16.4. The number of furan rings is 1. The van der Waals surface area contributed by atoms with E-state index in [-0.39, 0.29) is 0 Å². The first-order chi connectivity index (χ1) is 8.70. The summed E-state index contributed by atoms with van der Waals surface area (Å²) in [5, 5.41) is 9.80. The van der Waals surface area contributed by atoms with Gasteiger partial charge in [-0.25, -0.2) is 4.79 Å². The number of carboxylic acids is 1. The van der Waals surface area contributed by atoms with Crippen molar-refractivity contribution in [2.75, 3.05) is 0 Å². The molecule has 18 heavy (non-hydrogen) atoms. The lowest BCUT2D eigenvalue weighted by Crippen LogP contribution is -1.94. The Morgan fingerprint density at radius 1 is 1.22 bits per heavy atom. The minimum absolute atomic E-state index is 0.306. The van der Waals surface area contributed by atoms with Crippen LogP contribution < -0.4 is 0 Å². The fraction of sp³-hybridized carbons (Fsp3) is 0.400. The summed E-state index contributed by atoms with van der Waals surface area (Å²) >= 11 is 0. The van der Waals surface area contributed by atoms with Crippen molar-refractivity contribution in [1.82, 2.24) is 0 Å². The second-order valence-electron chi connectivity index (χ2n) is 4.58. The molecule has 1 N–H and O–H groups in total. The van der Waals surface area contributed by atoms with E-state index >= 15 is 0 Å². The molecule has 0 amide bonds. The molecule has 1 heterocycles. The molecule has 1 aromatic heterocycles. The maximum absolute atomic E-state index is 10.9. The molecule has 0 aliphatic rings. The smallest absolute Gasteiger partial charge is 0.335 e. The van der Waals surface area contributed by atoms with E-state index < -0.39 is 5.97 Å². The first kappa shape index (κ1) is 12.7. The van der Waals surface area contributed by atoms with Crippen LogP contribution >= 0.6 is 0 Å². The molecule has 0 atom stereocenters. The van der Waals surface area contributed by atoms with Crippen LogP contribution in [0.5, 0.6) is 0 Å². The van der Waals surface area contributed by atoms with Crippen LogP contribution in [0.3, 0.4) is 0 Å². The molecule has 0 fully saturated rings. The SMILES string of the molecule is CCCCCCc1cc2cc(C(=O)O)ccc2o1. The summed E-state index contributed by atoms with van der Waals surface area (Å²) in [5.41, 5.74) is 1.08. The quantitative estimate of drug-likeness (QED) is 0.775. The number of aromatic carboxylic acids is 1. The van der Waals surface area contributed by atoms with Gasteiger partial charge in [-0.2, -0.15) is 0 Å². The van der Waals surface area contributed by atoms with Crippen LogP contribution in [0.25, 0.3) is 11.0 Å². The Labute approximate surface area is 106 Å². The molecular formula is C15H18O3. The molecule has 0 saturated heterocycles. The van der Waals surface area contributed by atoms with Crippen molar-refractivity contribution in [3.63, 3.8) is 0 Å². The van der Waals surface area contributed by atoms with Gasteiger partial charge in [0.25, 0.3) is 0 Å². The van der Waals surface area contributed by atoms with Crippen molar-refractivity contribution in [3.8, 4) is 0 Å². The second-order valence-corrected chi connectivity index (χ2v) is 4.58. The fourth-order valence-corrected chi connectivity index (χ4v) is 2.08. The van der Waals surface area contributed by atoms with E-state index in [2.05, 4.69) is 6.92 Å². The Hall–Kier alpha value is -1.77. The van der Waals surface area contributed by atoms with Gasteiger partial charge in [0.1, 0.15) is 11.3 Å². The summed E-state index contributed by atoms with van der Waals surface area (Å²) < 4.78 is 5.69.